The third kappa shape index (κ3) is 8.08. The zero-order valence-electron chi connectivity index (χ0n) is 27.0. The van der Waals surface area contributed by atoms with Gasteiger partial charge in [0.2, 0.25) is 0 Å². The SMILES string of the molecule is C[C@]12CCC3c4ccc(O)cc4CC(CCCCCCNCCCCc4ccc(N(CCCl)CCCl)cc4)C3C1CC[C@@H]2O. The predicted octanol–water partition coefficient (Wildman–Crippen LogP) is 8.68. The summed E-state index contributed by atoms with van der Waals surface area (Å²) in [6, 6.07) is 15.0. The molecule has 244 valence electrons. The highest BCUT2D eigenvalue weighted by Crippen LogP contribution is 2.62. The maximum atomic E-state index is 10.9. The van der Waals surface area contributed by atoms with Gasteiger partial charge < -0.3 is 20.4 Å². The smallest absolute Gasteiger partial charge is 0.115 e. The molecule has 3 aliphatic rings. The number of aryl methyl sites for hydroxylation is 1. The first kappa shape index (κ1) is 33.9. The lowest BCUT2D eigenvalue weighted by Crippen LogP contribution is -2.47. The van der Waals surface area contributed by atoms with Gasteiger partial charge in [-0.3, -0.25) is 0 Å². The lowest BCUT2D eigenvalue weighted by atomic mass is 9.52. The van der Waals surface area contributed by atoms with Crippen LogP contribution in [0.15, 0.2) is 42.5 Å². The summed E-state index contributed by atoms with van der Waals surface area (Å²) in [4.78, 5) is 2.25. The van der Waals surface area contributed by atoms with Crippen molar-refractivity contribution < 1.29 is 10.2 Å². The fraction of sp³-hybridized carbons (Fsp3) is 0.684. The lowest BCUT2D eigenvalue weighted by molar-refractivity contribution is -0.0396. The Labute approximate surface area is 276 Å². The zero-order valence-corrected chi connectivity index (χ0v) is 28.5. The summed E-state index contributed by atoms with van der Waals surface area (Å²) in [5.74, 6) is 4.23. The van der Waals surface area contributed by atoms with Crippen LogP contribution in [0, 0.1) is 23.2 Å². The number of hydrogen-bond acceptors (Lipinski definition) is 4. The fourth-order valence-electron chi connectivity index (χ4n) is 9.19. The van der Waals surface area contributed by atoms with E-state index in [4.69, 9.17) is 23.2 Å². The number of nitrogens with zero attached hydrogens (tertiary/aromatic N) is 1. The Morgan fingerprint density at radius 1 is 0.886 bits per heavy atom. The van der Waals surface area contributed by atoms with Crippen LogP contribution in [0.5, 0.6) is 5.75 Å². The first-order chi connectivity index (χ1) is 21.4. The summed E-state index contributed by atoms with van der Waals surface area (Å²) < 4.78 is 0. The van der Waals surface area contributed by atoms with Gasteiger partial charge in [0.05, 0.1) is 6.10 Å². The van der Waals surface area contributed by atoms with E-state index >= 15 is 0 Å². The zero-order chi connectivity index (χ0) is 30.9. The molecule has 5 rings (SSSR count). The average molecular weight is 644 g/mol. The quantitative estimate of drug-likeness (QED) is 0.119. The lowest BCUT2D eigenvalue weighted by Gasteiger charge is -2.53. The van der Waals surface area contributed by atoms with E-state index in [-0.39, 0.29) is 11.5 Å². The van der Waals surface area contributed by atoms with Crippen LogP contribution in [0.4, 0.5) is 5.69 Å². The van der Waals surface area contributed by atoms with Crippen LogP contribution in [0.1, 0.15) is 100 Å². The Morgan fingerprint density at radius 3 is 2.36 bits per heavy atom. The Bertz CT molecular complexity index is 1150. The number of benzene rings is 2. The molecule has 0 amide bonds. The van der Waals surface area contributed by atoms with Crippen molar-refractivity contribution >= 4 is 28.9 Å². The van der Waals surface area contributed by atoms with E-state index in [1.807, 2.05) is 12.1 Å². The maximum absolute atomic E-state index is 10.9. The highest BCUT2D eigenvalue weighted by atomic mass is 35.5. The molecule has 0 aromatic heterocycles. The van der Waals surface area contributed by atoms with Gasteiger partial charge in [0.15, 0.2) is 0 Å². The van der Waals surface area contributed by atoms with Crippen LogP contribution in [-0.2, 0) is 12.8 Å². The van der Waals surface area contributed by atoms with E-state index in [1.165, 1.54) is 80.2 Å². The number of aliphatic hydroxyl groups is 1. The first-order valence-electron chi connectivity index (χ1n) is 17.6. The van der Waals surface area contributed by atoms with Crippen molar-refractivity contribution in [3.8, 4) is 5.75 Å². The number of nitrogens with one attached hydrogen (secondary N) is 1. The van der Waals surface area contributed by atoms with Crippen LogP contribution in [0.25, 0.3) is 0 Å². The van der Waals surface area contributed by atoms with Crippen molar-refractivity contribution in [1.82, 2.24) is 5.32 Å². The van der Waals surface area contributed by atoms with E-state index in [9.17, 15) is 10.2 Å². The van der Waals surface area contributed by atoms with Crippen LogP contribution < -0.4 is 10.2 Å². The number of aromatic hydroxyl groups is 1. The van der Waals surface area contributed by atoms with Crippen molar-refractivity contribution in [2.45, 2.75) is 102 Å². The number of phenols is 1. The first-order valence-corrected chi connectivity index (χ1v) is 18.7. The number of unbranched alkanes of at least 4 members (excludes halogenated alkanes) is 4. The molecule has 2 fully saturated rings. The highest BCUT2D eigenvalue weighted by molar-refractivity contribution is 6.18. The summed E-state index contributed by atoms with van der Waals surface area (Å²) in [6.45, 7) is 6.24. The van der Waals surface area contributed by atoms with Gasteiger partial charge in [-0.1, -0.05) is 44.4 Å². The van der Waals surface area contributed by atoms with E-state index in [0.717, 1.165) is 51.9 Å². The molecule has 2 aromatic carbocycles. The Balaban J connectivity index is 0.980. The minimum atomic E-state index is -0.131. The minimum Gasteiger partial charge on any atom is -0.508 e. The average Bonchev–Trinajstić information content (AvgIpc) is 3.33. The molecular formula is C38H56Cl2N2O2. The number of rotatable bonds is 17. The molecule has 0 heterocycles. The van der Waals surface area contributed by atoms with Crippen molar-refractivity contribution in [3.05, 3.63) is 59.2 Å². The molecule has 0 radical (unpaired) electrons. The highest BCUT2D eigenvalue weighted by Gasteiger charge is 2.56. The molecule has 3 N–H and O–H groups in total. The predicted molar refractivity (Wildman–Crippen MR) is 187 cm³/mol. The Kier molecular flexibility index (Phi) is 12.6. The number of phenolic OH excluding ortho intramolecular Hbond substituents is 1. The summed E-state index contributed by atoms with van der Waals surface area (Å²) in [5.41, 5.74) is 5.58. The number of anilines is 1. The number of fused-ring (bicyclic) bond motifs is 5. The van der Waals surface area contributed by atoms with Gasteiger partial charge in [0.1, 0.15) is 5.75 Å². The van der Waals surface area contributed by atoms with Crippen LogP contribution in [0.2, 0.25) is 0 Å². The van der Waals surface area contributed by atoms with Crippen molar-refractivity contribution in [1.29, 1.82) is 0 Å². The molecule has 44 heavy (non-hydrogen) atoms. The van der Waals surface area contributed by atoms with Crippen molar-refractivity contribution in [2.75, 3.05) is 42.8 Å². The number of alkyl halides is 2. The van der Waals surface area contributed by atoms with E-state index in [1.54, 1.807) is 0 Å². The fourth-order valence-corrected chi connectivity index (χ4v) is 9.60. The monoisotopic (exact) mass is 642 g/mol. The molecule has 2 aromatic rings. The molecule has 3 aliphatic carbocycles. The van der Waals surface area contributed by atoms with Gasteiger partial charge in [-0.15, -0.1) is 23.2 Å². The van der Waals surface area contributed by atoms with Gasteiger partial charge >= 0.3 is 0 Å². The Morgan fingerprint density at radius 2 is 1.61 bits per heavy atom. The third-order valence-corrected chi connectivity index (χ3v) is 11.9. The third-order valence-electron chi connectivity index (χ3n) is 11.6. The van der Waals surface area contributed by atoms with E-state index < -0.39 is 0 Å². The molecular weight excluding hydrogens is 587 g/mol. The summed E-state index contributed by atoms with van der Waals surface area (Å²) in [6.07, 6.45) is 15.4. The van der Waals surface area contributed by atoms with Gasteiger partial charge in [-0.05, 0) is 147 Å². The number of hydrogen-bond donors (Lipinski definition) is 3. The minimum absolute atomic E-state index is 0.0978. The van der Waals surface area contributed by atoms with Crippen LogP contribution in [0.3, 0.4) is 0 Å². The topological polar surface area (TPSA) is 55.7 Å². The van der Waals surface area contributed by atoms with Gasteiger partial charge in [0, 0.05) is 30.5 Å². The molecule has 4 unspecified atom stereocenters. The number of aliphatic hydroxyl groups excluding tert-OH is 1. The largest absolute Gasteiger partial charge is 0.508 e. The molecule has 2 saturated carbocycles. The second-order valence-corrected chi connectivity index (χ2v) is 15.0. The molecule has 6 heteroatoms. The van der Waals surface area contributed by atoms with E-state index in [0.29, 0.717) is 41.2 Å². The van der Waals surface area contributed by atoms with Crippen molar-refractivity contribution in [3.63, 3.8) is 0 Å². The second kappa shape index (κ2) is 16.4. The molecule has 0 spiro atoms. The maximum Gasteiger partial charge on any atom is 0.115 e. The molecule has 0 bridgehead atoms. The summed E-state index contributed by atoms with van der Waals surface area (Å²) in [7, 11) is 0. The van der Waals surface area contributed by atoms with Crippen LogP contribution in [-0.4, -0.2) is 54.3 Å². The van der Waals surface area contributed by atoms with Crippen LogP contribution >= 0.6 is 23.2 Å². The van der Waals surface area contributed by atoms with Crippen molar-refractivity contribution in [2.24, 2.45) is 23.2 Å². The molecule has 0 saturated heterocycles. The molecule has 6 atom stereocenters. The summed E-state index contributed by atoms with van der Waals surface area (Å²) in [5, 5.41) is 24.8. The van der Waals surface area contributed by atoms with Gasteiger partial charge in [0.25, 0.3) is 0 Å². The summed E-state index contributed by atoms with van der Waals surface area (Å²) >= 11 is 11.9. The second-order valence-electron chi connectivity index (χ2n) is 14.2. The molecule has 0 aliphatic heterocycles. The number of halogens is 2. The Hall–Kier alpha value is -1.46. The van der Waals surface area contributed by atoms with E-state index in [2.05, 4.69) is 47.5 Å². The van der Waals surface area contributed by atoms with Gasteiger partial charge in [-0.2, -0.15) is 0 Å². The normalized spacial score (nSPS) is 27.5. The van der Waals surface area contributed by atoms with Gasteiger partial charge in [-0.25, -0.2) is 0 Å². The molecule has 4 nitrogen and oxygen atoms in total. The standard InChI is InChI=1S/C38H56Cl2N2O2/c1-38-19-18-34-33-15-14-32(43)27-30(33)26-29(37(34)35(38)16-17-36(38)44)9-4-2-3-6-22-41-23-7-5-8-28-10-12-31(13-11-28)42(24-20-39)25-21-40/h10-15,27,29,34-37,41,43-44H,2-9,16-26H2,1H3/t29?,34?,35?,36-,37?,38-/m0/s1.